The number of rotatable bonds is 15. The summed E-state index contributed by atoms with van der Waals surface area (Å²) in [5, 5.41) is -1.62. The molecule has 5 aromatic carbocycles. The predicted molar refractivity (Wildman–Crippen MR) is 248 cm³/mol. The zero-order chi connectivity index (χ0) is 48.6. The van der Waals surface area contributed by atoms with Crippen LogP contribution in [-0.4, -0.2) is 122 Å². The van der Waals surface area contributed by atoms with Gasteiger partial charge in [0, 0.05) is 19.1 Å². The summed E-state index contributed by atoms with van der Waals surface area (Å²) in [7, 11) is 1.31. The van der Waals surface area contributed by atoms with Crippen molar-refractivity contribution in [3.05, 3.63) is 179 Å². The molecule has 0 N–H and O–H groups in total. The van der Waals surface area contributed by atoms with Gasteiger partial charge in [-0.1, -0.05) is 103 Å². The molecule has 5 aromatic rings. The molecule has 9 rings (SSSR count). The van der Waals surface area contributed by atoms with Gasteiger partial charge in [0.15, 0.2) is 37.2 Å². The Morgan fingerprint density at radius 2 is 1.09 bits per heavy atom. The highest BCUT2D eigenvalue weighted by Crippen LogP contribution is 2.45. The first kappa shape index (κ1) is 48.6. The Labute approximate surface area is 407 Å². The molecule has 4 heterocycles. The third-order valence-corrected chi connectivity index (χ3v) is 13.6. The van der Waals surface area contributed by atoms with E-state index in [0.29, 0.717) is 12.0 Å². The Kier molecular flexibility index (Phi) is 15.6. The zero-order valence-corrected chi connectivity index (χ0v) is 38.8. The molecule has 0 aromatic heterocycles. The fourth-order valence-electron chi connectivity index (χ4n) is 8.63. The highest BCUT2D eigenvalue weighted by molar-refractivity contribution is 8.01. The van der Waals surface area contributed by atoms with Crippen LogP contribution in [0.2, 0.25) is 0 Å². The third-order valence-electron chi connectivity index (χ3n) is 12.1. The van der Waals surface area contributed by atoms with Crippen LogP contribution < -0.4 is 0 Å². The van der Waals surface area contributed by atoms with Crippen molar-refractivity contribution in [2.45, 2.75) is 91.5 Å². The maximum atomic E-state index is 14.3. The van der Waals surface area contributed by atoms with Gasteiger partial charge in [-0.3, -0.25) is 4.79 Å². The van der Waals surface area contributed by atoms with Crippen LogP contribution in [0.1, 0.15) is 66.6 Å². The van der Waals surface area contributed by atoms with E-state index in [-0.39, 0.29) is 28.9 Å². The third kappa shape index (κ3) is 11.3. The van der Waals surface area contributed by atoms with Crippen LogP contribution >= 0.6 is 11.8 Å². The highest BCUT2D eigenvalue weighted by atomic mass is 32.2. The number of thioether (sulfide) groups is 1. The maximum Gasteiger partial charge on any atom is 0.338 e. The van der Waals surface area contributed by atoms with Gasteiger partial charge in [0.1, 0.15) is 42.4 Å². The van der Waals surface area contributed by atoms with Gasteiger partial charge >= 0.3 is 29.8 Å². The Morgan fingerprint density at radius 1 is 0.586 bits per heavy atom. The minimum absolute atomic E-state index is 0.0409. The van der Waals surface area contributed by atoms with E-state index in [1.54, 1.807) is 128 Å². The molecule has 0 saturated carbocycles. The van der Waals surface area contributed by atoms with Crippen molar-refractivity contribution in [3.8, 4) is 0 Å². The summed E-state index contributed by atoms with van der Waals surface area (Å²) in [6.45, 7) is 1.24. The van der Waals surface area contributed by atoms with Crippen LogP contribution in [0.5, 0.6) is 0 Å². The molecule has 4 aliphatic rings. The number of hydrogen-bond acceptors (Lipinski definition) is 17. The molecule has 17 heteroatoms. The molecule has 0 bridgehead atoms. The number of cyclic esters (lactones) is 1. The minimum Gasteiger partial charge on any atom is -0.462 e. The Hall–Kier alpha value is -6.44. The second-order valence-electron chi connectivity index (χ2n) is 16.8. The van der Waals surface area contributed by atoms with Crippen molar-refractivity contribution in [3.63, 3.8) is 0 Å². The molecule has 13 atom stereocenters. The molecule has 0 spiro atoms. The lowest BCUT2D eigenvalue weighted by Crippen LogP contribution is -2.67. The number of carbonyl (C=O) groups is 5. The van der Waals surface area contributed by atoms with E-state index in [0.717, 1.165) is 0 Å². The SMILES string of the molecule is CO[C@@H]1O[C@H](COC(=O)c2ccccc2)[C@@H](O[C@@H]2O[C@@H]3COC(c4ccccc4)O[C@@H]3[C@H](SC3CC(C)OC3=O)[C@H]2OC(=O)c2ccccc2)[C@H](OC(=O)c2ccccc2)[C@H]1OC(=O)c1ccccc1. The molecule has 3 unspecified atom stereocenters. The number of methoxy groups -OCH3 is 1. The first-order valence-electron chi connectivity index (χ1n) is 22.8. The van der Waals surface area contributed by atoms with E-state index in [1.165, 1.54) is 18.9 Å². The Bertz CT molecular complexity index is 2560. The number of hydrogen-bond donors (Lipinski definition) is 0. The molecule has 0 amide bonds. The summed E-state index contributed by atoms with van der Waals surface area (Å²) in [5.41, 5.74) is 1.47. The van der Waals surface area contributed by atoms with E-state index in [9.17, 15) is 24.0 Å². The summed E-state index contributed by atoms with van der Waals surface area (Å²) in [6.07, 6.45) is -13.1. The van der Waals surface area contributed by atoms with Crippen LogP contribution in [0.3, 0.4) is 0 Å². The Morgan fingerprint density at radius 3 is 1.60 bits per heavy atom. The van der Waals surface area contributed by atoms with E-state index >= 15 is 0 Å². The summed E-state index contributed by atoms with van der Waals surface area (Å²) in [5.74, 6) is -3.57. The lowest BCUT2D eigenvalue weighted by molar-refractivity contribution is -0.365. The first-order chi connectivity index (χ1) is 34.1. The second-order valence-corrected chi connectivity index (χ2v) is 18.2. The molecule has 4 saturated heterocycles. The smallest absolute Gasteiger partial charge is 0.338 e. The van der Waals surface area contributed by atoms with Gasteiger partial charge in [-0.2, -0.15) is 0 Å². The van der Waals surface area contributed by atoms with Crippen molar-refractivity contribution in [1.82, 2.24) is 0 Å². The quantitative estimate of drug-likeness (QED) is 0.0776. The monoisotopic (exact) mass is 974 g/mol. The number of benzene rings is 5. The van der Waals surface area contributed by atoms with Gasteiger partial charge in [0.25, 0.3) is 0 Å². The first-order valence-corrected chi connectivity index (χ1v) is 23.7. The summed E-state index contributed by atoms with van der Waals surface area (Å²) < 4.78 is 69.4. The summed E-state index contributed by atoms with van der Waals surface area (Å²) in [6, 6.07) is 42.1. The fourth-order valence-corrected chi connectivity index (χ4v) is 10.3. The second kappa shape index (κ2) is 22.5. The van der Waals surface area contributed by atoms with Crippen molar-refractivity contribution in [1.29, 1.82) is 0 Å². The van der Waals surface area contributed by atoms with Crippen LogP contribution in [-0.2, 0) is 56.9 Å². The lowest BCUT2D eigenvalue weighted by Gasteiger charge is -2.51. The molecule has 0 aliphatic carbocycles. The predicted octanol–water partition coefficient (Wildman–Crippen LogP) is 6.92. The van der Waals surface area contributed by atoms with Crippen molar-refractivity contribution in [2.75, 3.05) is 20.3 Å². The van der Waals surface area contributed by atoms with Crippen LogP contribution in [0.15, 0.2) is 152 Å². The molecule has 16 nitrogen and oxygen atoms in total. The lowest BCUT2D eigenvalue weighted by atomic mass is 9.96. The topological polar surface area (TPSA) is 187 Å². The average Bonchev–Trinajstić information content (AvgIpc) is 3.73. The van der Waals surface area contributed by atoms with E-state index in [4.69, 9.17) is 52.1 Å². The summed E-state index contributed by atoms with van der Waals surface area (Å²) in [4.78, 5) is 69.5. The maximum absolute atomic E-state index is 14.3. The summed E-state index contributed by atoms with van der Waals surface area (Å²) >= 11 is 1.20. The van der Waals surface area contributed by atoms with Crippen LogP contribution in [0, 0.1) is 0 Å². The number of ether oxygens (including phenoxy) is 11. The van der Waals surface area contributed by atoms with Gasteiger partial charge < -0.3 is 52.1 Å². The van der Waals surface area contributed by atoms with Gasteiger partial charge in [-0.25, -0.2) is 19.2 Å². The van der Waals surface area contributed by atoms with Gasteiger partial charge in [0.05, 0.1) is 34.1 Å². The molecule has 4 aliphatic heterocycles. The standard InChI is InChI=1S/C53H50O16S/c1-31-28-39(50(58)62-31)70-45-41-38(30-61-51(69-41)36-26-16-7-17-27-36)64-53(44(45)67-49(57)35-24-14-6-15-25-35)68-40-37(29-60-46(54)32-18-8-3-9-19-32)63-52(59-2)43(66-48(56)34-22-12-5-13-23-34)42(40)65-47(55)33-20-10-4-11-21-33/h3-27,31,37-45,51-53H,28-30H2,1-2H3/t31?,37-,38-,39?,40-,41+,42+,43-,44-,45+,51?,52-,53+/m1/s1. The van der Waals surface area contributed by atoms with Crippen LogP contribution in [0.4, 0.5) is 0 Å². The van der Waals surface area contributed by atoms with Crippen molar-refractivity contribution >= 4 is 41.6 Å². The number of esters is 5. The molecule has 70 heavy (non-hydrogen) atoms. The number of fused-ring (bicyclic) bond motifs is 1. The molecule has 0 radical (unpaired) electrons. The number of carbonyl (C=O) groups excluding carboxylic acids is 5. The normalized spacial score (nSPS) is 29.4. The van der Waals surface area contributed by atoms with Gasteiger partial charge in [-0.05, 0) is 55.5 Å². The Balaban J connectivity index is 1.14. The molecular weight excluding hydrogens is 925 g/mol. The highest BCUT2D eigenvalue weighted by Gasteiger charge is 2.58. The van der Waals surface area contributed by atoms with Crippen molar-refractivity contribution in [2.24, 2.45) is 0 Å². The minimum atomic E-state index is -1.59. The van der Waals surface area contributed by atoms with E-state index in [1.807, 2.05) is 30.3 Å². The molecule has 4 fully saturated rings. The van der Waals surface area contributed by atoms with Gasteiger partial charge in [0.2, 0.25) is 0 Å². The van der Waals surface area contributed by atoms with Crippen molar-refractivity contribution < 1.29 is 76.1 Å². The van der Waals surface area contributed by atoms with Crippen LogP contribution in [0.25, 0.3) is 0 Å². The zero-order valence-electron chi connectivity index (χ0n) is 38.0. The largest absolute Gasteiger partial charge is 0.462 e. The fraction of sp³-hybridized carbons (Fsp3) is 0.340. The van der Waals surface area contributed by atoms with Gasteiger partial charge in [-0.15, -0.1) is 11.8 Å². The van der Waals surface area contributed by atoms with E-state index in [2.05, 4.69) is 0 Å². The molecule has 364 valence electrons. The average molecular weight is 975 g/mol. The van der Waals surface area contributed by atoms with E-state index < -0.39 is 115 Å². The molecular formula is C53H50O16S.